The number of aromatic nitrogens is 1. The van der Waals surface area contributed by atoms with E-state index < -0.39 is 0 Å². The second-order valence-electron chi connectivity index (χ2n) is 4.63. The molecule has 2 aromatic carbocycles. The number of phenols is 1. The van der Waals surface area contributed by atoms with Crippen molar-refractivity contribution < 1.29 is 9.50 Å². The first kappa shape index (κ1) is 12.4. The van der Waals surface area contributed by atoms with Crippen molar-refractivity contribution in [3.05, 3.63) is 59.9 Å². The van der Waals surface area contributed by atoms with E-state index >= 15 is 0 Å². The van der Waals surface area contributed by atoms with Crippen LogP contribution in [-0.2, 0) is 0 Å². The van der Waals surface area contributed by atoms with E-state index in [0.29, 0.717) is 17.0 Å². The van der Waals surface area contributed by atoms with Gasteiger partial charge in [-0.2, -0.15) is 0 Å². The molecule has 0 saturated heterocycles. The van der Waals surface area contributed by atoms with Crippen molar-refractivity contribution in [2.24, 2.45) is 0 Å². The van der Waals surface area contributed by atoms with E-state index in [1.54, 1.807) is 30.3 Å². The molecule has 0 aliphatic rings. The highest BCUT2D eigenvalue weighted by molar-refractivity contribution is 5.85. The number of halogens is 1. The Morgan fingerprint density at radius 2 is 1.90 bits per heavy atom. The Kier molecular flexibility index (Phi) is 2.99. The van der Waals surface area contributed by atoms with Crippen LogP contribution in [0.5, 0.6) is 5.75 Å². The van der Waals surface area contributed by atoms with Crippen LogP contribution in [0.25, 0.3) is 10.9 Å². The van der Waals surface area contributed by atoms with Gasteiger partial charge in [-0.3, -0.25) is 0 Å². The number of anilines is 2. The zero-order chi connectivity index (χ0) is 14.1. The number of benzene rings is 2. The molecule has 0 bridgehead atoms. The molecular formula is C16H13FN2O. The molecule has 0 aliphatic carbocycles. The van der Waals surface area contributed by atoms with Gasteiger partial charge in [0.1, 0.15) is 17.4 Å². The van der Waals surface area contributed by atoms with Crippen LogP contribution in [0.1, 0.15) is 5.56 Å². The van der Waals surface area contributed by atoms with Crippen molar-refractivity contribution in [1.82, 2.24) is 4.98 Å². The van der Waals surface area contributed by atoms with Crippen LogP contribution >= 0.6 is 0 Å². The van der Waals surface area contributed by atoms with Crippen LogP contribution in [0.4, 0.5) is 15.9 Å². The minimum Gasteiger partial charge on any atom is -0.508 e. The lowest BCUT2D eigenvalue weighted by Gasteiger charge is -2.10. The largest absolute Gasteiger partial charge is 0.508 e. The highest BCUT2D eigenvalue weighted by Gasteiger charge is 2.06. The molecule has 1 aromatic heterocycles. The molecular weight excluding hydrogens is 255 g/mol. The number of hydrogen-bond donors (Lipinski definition) is 2. The van der Waals surface area contributed by atoms with Gasteiger partial charge in [0.15, 0.2) is 0 Å². The van der Waals surface area contributed by atoms with Gasteiger partial charge in [-0.15, -0.1) is 0 Å². The first-order valence-electron chi connectivity index (χ1n) is 6.25. The Morgan fingerprint density at radius 3 is 2.70 bits per heavy atom. The zero-order valence-electron chi connectivity index (χ0n) is 10.9. The lowest BCUT2D eigenvalue weighted by molar-refractivity contribution is 0.476. The third-order valence-corrected chi connectivity index (χ3v) is 3.14. The molecule has 3 aromatic rings. The summed E-state index contributed by atoms with van der Waals surface area (Å²) in [4.78, 5) is 4.40. The number of aryl methyl sites for hydroxylation is 1. The molecule has 0 atom stereocenters. The minimum atomic E-state index is -0.331. The van der Waals surface area contributed by atoms with Gasteiger partial charge in [0.05, 0.1) is 11.2 Å². The molecule has 3 rings (SSSR count). The van der Waals surface area contributed by atoms with Gasteiger partial charge in [0.25, 0.3) is 0 Å². The maximum Gasteiger partial charge on any atom is 0.146 e. The summed E-state index contributed by atoms with van der Waals surface area (Å²) < 4.78 is 13.6. The molecule has 100 valence electrons. The number of fused-ring (bicyclic) bond motifs is 1. The van der Waals surface area contributed by atoms with Gasteiger partial charge in [-0.05, 0) is 42.8 Å². The van der Waals surface area contributed by atoms with Gasteiger partial charge in [0.2, 0.25) is 0 Å². The number of aromatic hydroxyl groups is 1. The summed E-state index contributed by atoms with van der Waals surface area (Å²) in [5, 5.41) is 13.4. The van der Waals surface area contributed by atoms with Crippen molar-refractivity contribution in [1.29, 1.82) is 0 Å². The van der Waals surface area contributed by atoms with E-state index in [0.717, 1.165) is 10.9 Å². The highest BCUT2D eigenvalue weighted by atomic mass is 19.1. The topological polar surface area (TPSA) is 45.2 Å². The van der Waals surface area contributed by atoms with Crippen molar-refractivity contribution in [2.45, 2.75) is 6.92 Å². The van der Waals surface area contributed by atoms with Crippen molar-refractivity contribution in [3.8, 4) is 5.75 Å². The summed E-state index contributed by atoms with van der Waals surface area (Å²) in [6, 6.07) is 13.3. The quantitative estimate of drug-likeness (QED) is 0.734. The fraction of sp³-hybridized carbons (Fsp3) is 0.0625. The number of rotatable bonds is 2. The first-order chi connectivity index (χ1) is 9.63. The Bertz CT molecular complexity index is 787. The molecule has 0 amide bonds. The van der Waals surface area contributed by atoms with Crippen molar-refractivity contribution >= 4 is 22.4 Å². The number of hydrogen-bond acceptors (Lipinski definition) is 3. The zero-order valence-corrected chi connectivity index (χ0v) is 10.9. The van der Waals surface area contributed by atoms with Gasteiger partial charge in [0, 0.05) is 11.5 Å². The molecule has 1 heterocycles. The van der Waals surface area contributed by atoms with E-state index in [1.807, 2.05) is 19.1 Å². The third kappa shape index (κ3) is 2.28. The summed E-state index contributed by atoms with van der Waals surface area (Å²) in [7, 11) is 0. The molecule has 0 aliphatic heterocycles. The predicted molar refractivity (Wildman–Crippen MR) is 77.8 cm³/mol. The van der Waals surface area contributed by atoms with Gasteiger partial charge in [-0.1, -0.05) is 12.1 Å². The first-order valence-corrected chi connectivity index (χ1v) is 6.25. The summed E-state index contributed by atoms with van der Waals surface area (Å²) in [5.74, 6) is 0.376. The number of nitrogens with one attached hydrogen (secondary N) is 1. The predicted octanol–water partition coefficient (Wildman–Crippen LogP) is 4.13. The number of nitrogens with zero attached hydrogens (tertiary/aromatic N) is 1. The van der Waals surface area contributed by atoms with E-state index in [1.165, 1.54) is 6.07 Å². The second kappa shape index (κ2) is 4.81. The highest BCUT2D eigenvalue weighted by Crippen LogP contribution is 2.26. The molecule has 4 heteroatoms. The van der Waals surface area contributed by atoms with Crippen LogP contribution in [0.3, 0.4) is 0 Å². The standard InChI is InChI=1S/C16H13FN2O/c1-10-8-16(18-14-5-3-2-4-13(14)17)19-15-9-11(20)6-7-12(10)15/h2-9,20H,1H3,(H,18,19). The van der Waals surface area contributed by atoms with Crippen LogP contribution < -0.4 is 5.32 Å². The van der Waals surface area contributed by atoms with Crippen molar-refractivity contribution in [2.75, 3.05) is 5.32 Å². The number of para-hydroxylation sites is 1. The van der Waals surface area contributed by atoms with Crippen LogP contribution in [0.15, 0.2) is 48.5 Å². The summed E-state index contributed by atoms with van der Waals surface area (Å²) in [6.07, 6.45) is 0. The lowest BCUT2D eigenvalue weighted by Crippen LogP contribution is -1.97. The van der Waals surface area contributed by atoms with Crippen molar-refractivity contribution in [3.63, 3.8) is 0 Å². The average molecular weight is 268 g/mol. The Hall–Kier alpha value is -2.62. The Morgan fingerprint density at radius 1 is 1.10 bits per heavy atom. The molecule has 0 radical (unpaired) electrons. The third-order valence-electron chi connectivity index (χ3n) is 3.14. The Balaban J connectivity index is 2.06. The minimum absolute atomic E-state index is 0.160. The van der Waals surface area contributed by atoms with E-state index in [-0.39, 0.29) is 11.6 Å². The van der Waals surface area contributed by atoms with Crippen LogP contribution in [0, 0.1) is 12.7 Å². The normalized spacial score (nSPS) is 10.7. The summed E-state index contributed by atoms with van der Waals surface area (Å²) in [6.45, 7) is 1.95. The maximum atomic E-state index is 13.6. The fourth-order valence-corrected chi connectivity index (χ4v) is 2.16. The Labute approximate surface area is 115 Å². The smallest absolute Gasteiger partial charge is 0.146 e. The molecule has 0 fully saturated rings. The maximum absolute atomic E-state index is 13.6. The fourth-order valence-electron chi connectivity index (χ4n) is 2.16. The lowest BCUT2D eigenvalue weighted by atomic mass is 10.1. The van der Waals surface area contributed by atoms with Crippen LogP contribution in [0.2, 0.25) is 0 Å². The number of phenolic OH excluding ortho intramolecular Hbond substituents is 1. The van der Waals surface area contributed by atoms with E-state index in [9.17, 15) is 9.50 Å². The van der Waals surface area contributed by atoms with Gasteiger partial charge < -0.3 is 10.4 Å². The van der Waals surface area contributed by atoms with E-state index in [2.05, 4.69) is 10.3 Å². The summed E-state index contributed by atoms with van der Waals surface area (Å²) >= 11 is 0. The number of pyridine rings is 1. The van der Waals surface area contributed by atoms with Gasteiger partial charge in [-0.25, -0.2) is 9.37 Å². The molecule has 20 heavy (non-hydrogen) atoms. The molecule has 3 nitrogen and oxygen atoms in total. The SMILES string of the molecule is Cc1cc(Nc2ccccc2F)nc2cc(O)ccc12. The molecule has 0 saturated carbocycles. The van der Waals surface area contributed by atoms with Crippen LogP contribution in [-0.4, -0.2) is 10.1 Å². The van der Waals surface area contributed by atoms with Gasteiger partial charge >= 0.3 is 0 Å². The molecule has 0 unspecified atom stereocenters. The van der Waals surface area contributed by atoms with E-state index in [4.69, 9.17) is 0 Å². The average Bonchev–Trinajstić information content (AvgIpc) is 2.41. The monoisotopic (exact) mass is 268 g/mol. The second-order valence-corrected chi connectivity index (χ2v) is 4.63. The summed E-state index contributed by atoms with van der Waals surface area (Å²) in [5.41, 5.74) is 2.05. The molecule has 0 spiro atoms. The molecule has 2 N–H and O–H groups in total.